The zero-order chi connectivity index (χ0) is 6.57. The molecule has 46 valence electrons. The average Bonchev–Trinajstić information content (AvgIpc) is 1.67. The molecule has 0 atom stereocenters. The molecule has 0 saturated carbocycles. The quantitative estimate of drug-likeness (QED) is 0.526. The van der Waals surface area contributed by atoms with E-state index in [0.29, 0.717) is 0 Å². The normalized spacial score (nSPS) is 9.88. The molecule has 1 heteroatoms. The van der Waals surface area contributed by atoms with Crippen LogP contribution in [0.2, 0.25) is 0 Å². The Bertz CT molecular complexity index is 103. The van der Waals surface area contributed by atoms with Crippen LogP contribution in [0.25, 0.3) is 0 Å². The second-order valence-corrected chi connectivity index (χ2v) is 1.83. The second kappa shape index (κ2) is 3.30. The summed E-state index contributed by atoms with van der Waals surface area (Å²) in [5, 5.41) is 0. The van der Waals surface area contributed by atoms with Crippen LogP contribution in [0.1, 0.15) is 13.8 Å². The molecule has 0 rings (SSSR count). The van der Waals surface area contributed by atoms with Crippen molar-refractivity contribution in [2.45, 2.75) is 13.8 Å². The molecule has 0 radical (unpaired) electrons. The minimum Gasteiger partial charge on any atom is -0.356 e. The van der Waals surface area contributed by atoms with Crippen molar-refractivity contribution in [1.82, 2.24) is 4.90 Å². The van der Waals surface area contributed by atoms with E-state index in [1.54, 1.807) is 0 Å². The molecule has 0 aliphatic heterocycles. The predicted octanol–water partition coefficient (Wildman–Crippen LogP) is 1.99. The van der Waals surface area contributed by atoms with Gasteiger partial charge in [-0.15, -0.1) is 0 Å². The van der Waals surface area contributed by atoms with Crippen LogP contribution in [0.5, 0.6) is 0 Å². The van der Waals surface area contributed by atoms with Gasteiger partial charge in [-0.1, -0.05) is 12.7 Å². The molecule has 0 fully saturated rings. The Kier molecular flexibility index (Phi) is 3.01. The molecule has 0 saturated heterocycles. The van der Waals surface area contributed by atoms with Crippen LogP contribution < -0.4 is 0 Å². The van der Waals surface area contributed by atoms with E-state index in [2.05, 4.69) is 6.58 Å². The van der Waals surface area contributed by atoms with Gasteiger partial charge in [-0.2, -0.15) is 0 Å². The van der Waals surface area contributed by atoms with E-state index < -0.39 is 0 Å². The molecule has 0 amide bonds. The van der Waals surface area contributed by atoms with Crippen molar-refractivity contribution in [2.75, 3.05) is 7.05 Å². The maximum Gasteiger partial charge on any atom is 0.0108 e. The number of nitrogens with zero attached hydrogens (tertiary/aromatic N) is 1. The lowest BCUT2D eigenvalue weighted by Crippen LogP contribution is -2.04. The number of allylic oxidation sites excluding steroid dienone is 2. The highest BCUT2D eigenvalue weighted by molar-refractivity contribution is 4.93. The summed E-state index contributed by atoms with van der Waals surface area (Å²) in [6, 6.07) is 0. The molecule has 0 aliphatic carbocycles. The monoisotopic (exact) mass is 111 g/mol. The first-order chi connectivity index (χ1) is 3.68. The highest BCUT2D eigenvalue weighted by Gasteiger charge is 1.84. The fourth-order valence-corrected chi connectivity index (χ4v) is 0.351. The van der Waals surface area contributed by atoms with E-state index in [4.69, 9.17) is 0 Å². The molecular weight excluding hydrogens is 98.1 g/mol. The lowest BCUT2D eigenvalue weighted by atomic mass is 10.5. The summed E-state index contributed by atoms with van der Waals surface area (Å²) in [6.07, 6.45) is 3.96. The Balaban J connectivity index is 3.64. The van der Waals surface area contributed by atoms with Crippen LogP contribution in [0.15, 0.2) is 24.6 Å². The Labute approximate surface area is 51.3 Å². The molecule has 0 aromatic rings. The lowest BCUT2D eigenvalue weighted by Gasteiger charge is -2.11. The van der Waals surface area contributed by atoms with E-state index in [0.717, 1.165) is 5.70 Å². The highest BCUT2D eigenvalue weighted by atomic mass is 15.1. The smallest absolute Gasteiger partial charge is 0.0108 e. The van der Waals surface area contributed by atoms with Gasteiger partial charge in [-0.25, -0.2) is 0 Å². The van der Waals surface area contributed by atoms with Crippen LogP contribution in [0.3, 0.4) is 0 Å². The van der Waals surface area contributed by atoms with Gasteiger partial charge in [0.25, 0.3) is 0 Å². The Morgan fingerprint density at radius 1 is 1.62 bits per heavy atom. The third-order valence-corrected chi connectivity index (χ3v) is 0.975. The third kappa shape index (κ3) is 2.45. The van der Waals surface area contributed by atoms with Gasteiger partial charge in [0.05, 0.1) is 0 Å². The molecule has 0 aromatic heterocycles. The van der Waals surface area contributed by atoms with E-state index in [9.17, 15) is 0 Å². The number of rotatable bonds is 2. The topological polar surface area (TPSA) is 3.24 Å². The fraction of sp³-hybridized carbons (Fsp3) is 0.429. The first kappa shape index (κ1) is 7.28. The van der Waals surface area contributed by atoms with E-state index in [-0.39, 0.29) is 0 Å². The predicted molar refractivity (Wildman–Crippen MR) is 37.4 cm³/mol. The molecule has 0 bridgehead atoms. The molecule has 8 heavy (non-hydrogen) atoms. The standard InChI is InChI=1S/C7H13N/c1-5-6-8(4)7(2)3/h5-6H,2H2,1,3-4H3/b6-5-. The van der Waals surface area contributed by atoms with Gasteiger partial charge in [0.15, 0.2) is 0 Å². The molecule has 1 nitrogen and oxygen atoms in total. The number of hydrogen-bond donors (Lipinski definition) is 0. The number of hydrogen-bond acceptors (Lipinski definition) is 1. The SMILES string of the molecule is C=C(C)N(C)/C=C\C. The fourth-order valence-electron chi connectivity index (χ4n) is 0.351. The van der Waals surface area contributed by atoms with Gasteiger partial charge in [-0.3, -0.25) is 0 Å². The van der Waals surface area contributed by atoms with Crippen molar-refractivity contribution in [2.24, 2.45) is 0 Å². The molecule has 0 aliphatic rings. The lowest BCUT2D eigenvalue weighted by molar-refractivity contribution is 0.572. The Hall–Kier alpha value is -0.720. The summed E-state index contributed by atoms with van der Waals surface area (Å²) in [6.45, 7) is 7.71. The molecular formula is C7H13N. The Morgan fingerprint density at radius 3 is 2.25 bits per heavy atom. The summed E-state index contributed by atoms with van der Waals surface area (Å²) in [4.78, 5) is 1.97. The largest absolute Gasteiger partial charge is 0.356 e. The minimum absolute atomic E-state index is 1.06. The molecule has 0 heterocycles. The maximum absolute atomic E-state index is 3.75. The van der Waals surface area contributed by atoms with Crippen LogP contribution in [-0.4, -0.2) is 11.9 Å². The first-order valence-corrected chi connectivity index (χ1v) is 2.69. The van der Waals surface area contributed by atoms with Gasteiger partial charge in [0, 0.05) is 12.7 Å². The van der Waals surface area contributed by atoms with E-state index >= 15 is 0 Å². The Morgan fingerprint density at radius 2 is 2.12 bits per heavy atom. The van der Waals surface area contributed by atoms with Crippen molar-refractivity contribution in [3.63, 3.8) is 0 Å². The van der Waals surface area contributed by atoms with Crippen molar-refractivity contribution in [1.29, 1.82) is 0 Å². The first-order valence-electron chi connectivity index (χ1n) is 2.69. The minimum atomic E-state index is 1.06. The van der Waals surface area contributed by atoms with Crippen molar-refractivity contribution < 1.29 is 0 Å². The summed E-state index contributed by atoms with van der Waals surface area (Å²) < 4.78 is 0. The van der Waals surface area contributed by atoms with Gasteiger partial charge in [-0.05, 0) is 20.0 Å². The van der Waals surface area contributed by atoms with Crippen LogP contribution in [0.4, 0.5) is 0 Å². The highest BCUT2D eigenvalue weighted by Crippen LogP contribution is 1.94. The van der Waals surface area contributed by atoms with E-state index in [1.165, 1.54) is 0 Å². The zero-order valence-corrected chi connectivity index (χ0v) is 5.81. The van der Waals surface area contributed by atoms with Crippen molar-refractivity contribution >= 4 is 0 Å². The van der Waals surface area contributed by atoms with E-state index in [1.807, 2.05) is 38.1 Å². The summed E-state index contributed by atoms with van der Waals surface area (Å²) in [5.41, 5.74) is 1.06. The molecule has 0 unspecified atom stereocenters. The average molecular weight is 111 g/mol. The maximum atomic E-state index is 3.75. The van der Waals surface area contributed by atoms with Gasteiger partial charge >= 0.3 is 0 Å². The van der Waals surface area contributed by atoms with Crippen LogP contribution in [-0.2, 0) is 0 Å². The third-order valence-electron chi connectivity index (χ3n) is 0.975. The summed E-state index contributed by atoms with van der Waals surface area (Å²) >= 11 is 0. The molecule has 0 spiro atoms. The van der Waals surface area contributed by atoms with Crippen LogP contribution >= 0.6 is 0 Å². The van der Waals surface area contributed by atoms with Gasteiger partial charge in [0.2, 0.25) is 0 Å². The van der Waals surface area contributed by atoms with Crippen molar-refractivity contribution in [3.05, 3.63) is 24.6 Å². The molecule has 0 N–H and O–H groups in total. The summed E-state index contributed by atoms with van der Waals surface area (Å²) in [7, 11) is 1.97. The molecule has 0 aromatic carbocycles. The second-order valence-electron chi connectivity index (χ2n) is 1.83. The zero-order valence-electron chi connectivity index (χ0n) is 5.81. The van der Waals surface area contributed by atoms with Crippen molar-refractivity contribution in [3.8, 4) is 0 Å². The van der Waals surface area contributed by atoms with Gasteiger partial charge in [0.1, 0.15) is 0 Å². The van der Waals surface area contributed by atoms with Gasteiger partial charge < -0.3 is 4.90 Å². The summed E-state index contributed by atoms with van der Waals surface area (Å²) in [5.74, 6) is 0. The van der Waals surface area contributed by atoms with Crippen LogP contribution in [0, 0.1) is 0 Å².